The molecular formula is C20H23N5O. The van der Waals surface area contributed by atoms with Crippen molar-refractivity contribution in [2.24, 2.45) is 7.05 Å². The Bertz CT molecular complexity index is 948. The molecule has 0 aliphatic carbocycles. The molecule has 0 bridgehead atoms. The van der Waals surface area contributed by atoms with Gasteiger partial charge in [-0.1, -0.05) is 25.1 Å². The molecule has 134 valence electrons. The number of aromatic nitrogens is 3. The van der Waals surface area contributed by atoms with E-state index in [4.69, 9.17) is 0 Å². The number of anilines is 1. The molecule has 1 N–H and O–H groups in total. The van der Waals surface area contributed by atoms with Gasteiger partial charge in [-0.2, -0.15) is 5.10 Å². The Morgan fingerprint density at radius 2 is 2.19 bits per heavy atom. The average Bonchev–Trinajstić information content (AvgIpc) is 3.30. The van der Waals surface area contributed by atoms with Gasteiger partial charge in [0, 0.05) is 43.3 Å². The number of para-hydroxylation sites is 1. The van der Waals surface area contributed by atoms with Gasteiger partial charge >= 0.3 is 6.03 Å². The largest absolute Gasteiger partial charge is 0.324 e. The van der Waals surface area contributed by atoms with Crippen LogP contribution < -0.4 is 5.32 Å². The van der Waals surface area contributed by atoms with Gasteiger partial charge in [-0.05, 0) is 30.5 Å². The maximum Gasteiger partial charge on any atom is 0.321 e. The normalized spacial score (nSPS) is 17.0. The summed E-state index contributed by atoms with van der Waals surface area (Å²) in [6.45, 7) is 3.55. The third kappa shape index (κ3) is 3.14. The topological polar surface area (TPSA) is 63.1 Å². The van der Waals surface area contributed by atoms with E-state index < -0.39 is 0 Å². The number of aryl methyl sites for hydroxylation is 2. The molecule has 1 aliphatic rings. The number of nitrogens with one attached hydrogen (secondary N) is 1. The van der Waals surface area contributed by atoms with E-state index in [-0.39, 0.29) is 6.03 Å². The molecule has 0 radical (unpaired) electrons. The minimum atomic E-state index is -0.0465. The Labute approximate surface area is 152 Å². The summed E-state index contributed by atoms with van der Waals surface area (Å²) in [5.41, 5.74) is 3.93. The summed E-state index contributed by atoms with van der Waals surface area (Å²) in [7, 11) is 1.92. The number of likely N-dealkylation sites (tertiary alicyclic amines) is 1. The molecule has 1 saturated heterocycles. The van der Waals surface area contributed by atoms with Crippen LogP contribution in [0.1, 0.15) is 30.5 Å². The SMILES string of the molecule is CCc1cc(NC(=O)N2CCC(c3cnn(C)c3)C2)c2ccccc2n1. The first-order chi connectivity index (χ1) is 12.6. The Morgan fingerprint density at radius 3 is 2.96 bits per heavy atom. The molecule has 1 unspecified atom stereocenters. The van der Waals surface area contributed by atoms with Crippen molar-refractivity contribution in [1.29, 1.82) is 0 Å². The summed E-state index contributed by atoms with van der Waals surface area (Å²) in [6.07, 6.45) is 5.74. The Kier molecular flexibility index (Phi) is 4.32. The van der Waals surface area contributed by atoms with Gasteiger partial charge in [0.15, 0.2) is 0 Å². The lowest BCUT2D eigenvalue weighted by Crippen LogP contribution is -2.32. The monoisotopic (exact) mass is 349 g/mol. The van der Waals surface area contributed by atoms with E-state index in [0.717, 1.165) is 48.2 Å². The molecule has 0 spiro atoms. The van der Waals surface area contributed by atoms with Crippen LogP contribution in [-0.4, -0.2) is 38.8 Å². The fourth-order valence-corrected chi connectivity index (χ4v) is 3.58. The molecule has 1 aliphatic heterocycles. The lowest BCUT2D eigenvalue weighted by molar-refractivity contribution is 0.222. The second-order valence-electron chi connectivity index (χ2n) is 6.84. The van der Waals surface area contributed by atoms with Crippen LogP contribution in [0.5, 0.6) is 0 Å². The molecule has 3 heterocycles. The predicted molar refractivity (Wildman–Crippen MR) is 102 cm³/mol. The third-order valence-electron chi connectivity index (χ3n) is 5.04. The average molecular weight is 349 g/mol. The number of hydrogen-bond acceptors (Lipinski definition) is 3. The maximum absolute atomic E-state index is 12.8. The molecule has 1 aromatic carbocycles. The summed E-state index contributed by atoms with van der Waals surface area (Å²) >= 11 is 0. The summed E-state index contributed by atoms with van der Waals surface area (Å²) in [5.74, 6) is 0.356. The number of rotatable bonds is 3. The molecule has 1 fully saturated rings. The molecule has 6 nitrogen and oxygen atoms in total. The highest BCUT2D eigenvalue weighted by Crippen LogP contribution is 2.28. The first-order valence-corrected chi connectivity index (χ1v) is 9.07. The molecule has 3 aromatic rings. The minimum Gasteiger partial charge on any atom is -0.324 e. The number of carbonyl (C=O) groups excluding carboxylic acids is 1. The van der Waals surface area contributed by atoms with Crippen molar-refractivity contribution in [2.45, 2.75) is 25.7 Å². The molecule has 26 heavy (non-hydrogen) atoms. The van der Waals surface area contributed by atoms with E-state index in [1.54, 1.807) is 0 Å². The van der Waals surface area contributed by atoms with Crippen LogP contribution in [0.4, 0.5) is 10.5 Å². The van der Waals surface area contributed by atoms with E-state index in [1.165, 1.54) is 5.56 Å². The maximum atomic E-state index is 12.8. The van der Waals surface area contributed by atoms with Crippen LogP contribution >= 0.6 is 0 Å². The van der Waals surface area contributed by atoms with Crippen LogP contribution in [0.25, 0.3) is 10.9 Å². The number of pyridine rings is 1. The summed E-state index contributed by atoms with van der Waals surface area (Å²) < 4.78 is 1.81. The molecule has 2 amide bonds. The zero-order valence-corrected chi connectivity index (χ0v) is 15.1. The summed E-state index contributed by atoms with van der Waals surface area (Å²) in [4.78, 5) is 19.3. The van der Waals surface area contributed by atoms with E-state index in [1.807, 2.05) is 59.4 Å². The van der Waals surface area contributed by atoms with Crippen LogP contribution in [0.2, 0.25) is 0 Å². The quantitative estimate of drug-likeness (QED) is 0.786. The first kappa shape index (κ1) is 16.6. The van der Waals surface area contributed by atoms with Crippen molar-refractivity contribution in [3.8, 4) is 0 Å². The molecule has 2 aromatic heterocycles. The highest BCUT2D eigenvalue weighted by atomic mass is 16.2. The highest BCUT2D eigenvalue weighted by Gasteiger charge is 2.28. The van der Waals surface area contributed by atoms with Gasteiger partial charge in [0.25, 0.3) is 0 Å². The lowest BCUT2D eigenvalue weighted by atomic mass is 10.0. The van der Waals surface area contributed by atoms with Crippen molar-refractivity contribution in [3.63, 3.8) is 0 Å². The molecule has 4 rings (SSSR count). The van der Waals surface area contributed by atoms with Crippen molar-refractivity contribution in [1.82, 2.24) is 19.7 Å². The number of hydrogen-bond donors (Lipinski definition) is 1. The van der Waals surface area contributed by atoms with Gasteiger partial charge in [0.1, 0.15) is 0 Å². The fourth-order valence-electron chi connectivity index (χ4n) is 3.58. The van der Waals surface area contributed by atoms with Crippen molar-refractivity contribution >= 4 is 22.6 Å². The van der Waals surface area contributed by atoms with E-state index in [0.29, 0.717) is 5.92 Å². The second-order valence-corrected chi connectivity index (χ2v) is 6.84. The number of fused-ring (bicyclic) bond motifs is 1. The van der Waals surface area contributed by atoms with Gasteiger partial charge in [-0.3, -0.25) is 9.67 Å². The van der Waals surface area contributed by atoms with Crippen molar-refractivity contribution in [2.75, 3.05) is 18.4 Å². The van der Waals surface area contributed by atoms with Gasteiger partial charge in [-0.15, -0.1) is 0 Å². The third-order valence-corrected chi connectivity index (χ3v) is 5.04. The Hall–Kier alpha value is -2.89. The van der Waals surface area contributed by atoms with Crippen LogP contribution in [-0.2, 0) is 13.5 Å². The zero-order valence-electron chi connectivity index (χ0n) is 15.1. The lowest BCUT2D eigenvalue weighted by Gasteiger charge is -2.18. The smallest absolute Gasteiger partial charge is 0.321 e. The van der Waals surface area contributed by atoms with Crippen LogP contribution in [0, 0.1) is 0 Å². The molecule has 0 saturated carbocycles. The van der Waals surface area contributed by atoms with Gasteiger partial charge in [-0.25, -0.2) is 4.79 Å². The molecular weight excluding hydrogens is 326 g/mol. The van der Waals surface area contributed by atoms with Crippen molar-refractivity contribution < 1.29 is 4.79 Å². The first-order valence-electron chi connectivity index (χ1n) is 9.07. The van der Waals surface area contributed by atoms with Crippen LogP contribution in [0.3, 0.4) is 0 Å². The summed E-state index contributed by atoms with van der Waals surface area (Å²) in [5, 5.41) is 8.32. The number of urea groups is 1. The Balaban J connectivity index is 1.53. The standard InChI is InChI=1S/C20H23N5O/c1-3-16-10-19(17-6-4-5-7-18(17)22-16)23-20(26)25-9-8-14(13-25)15-11-21-24(2)12-15/h4-7,10-12,14H,3,8-9,13H2,1-2H3,(H,22,23,26). The van der Waals surface area contributed by atoms with E-state index in [2.05, 4.69) is 22.3 Å². The highest BCUT2D eigenvalue weighted by molar-refractivity contribution is 6.00. The number of nitrogens with zero attached hydrogens (tertiary/aromatic N) is 4. The predicted octanol–water partition coefficient (Wildman–Crippen LogP) is 3.55. The molecule has 6 heteroatoms. The summed E-state index contributed by atoms with van der Waals surface area (Å²) in [6, 6.07) is 9.86. The van der Waals surface area contributed by atoms with E-state index in [9.17, 15) is 4.79 Å². The van der Waals surface area contributed by atoms with Crippen LogP contribution in [0.15, 0.2) is 42.7 Å². The number of amides is 2. The van der Waals surface area contributed by atoms with E-state index >= 15 is 0 Å². The Morgan fingerprint density at radius 1 is 1.35 bits per heavy atom. The van der Waals surface area contributed by atoms with Crippen molar-refractivity contribution in [3.05, 3.63) is 54.0 Å². The van der Waals surface area contributed by atoms with Gasteiger partial charge < -0.3 is 10.2 Å². The molecule has 1 atom stereocenters. The van der Waals surface area contributed by atoms with Gasteiger partial charge in [0.05, 0.1) is 17.4 Å². The number of carbonyl (C=O) groups is 1. The zero-order chi connectivity index (χ0) is 18.1. The fraction of sp³-hybridized carbons (Fsp3) is 0.350. The van der Waals surface area contributed by atoms with Gasteiger partial charge in [0.2, 0.25) is 0 Å². The minimum absolute atomic E-state index is 0.0465. The second kappa shape index (κ2) is 6.78. The number of benzene rings is 1.